The average molecular weight is 397 g/mol. The van der Waals surface area contributed by atoms with Crippen molar-refractivity contribution in [3.8, 4) is 0 Å². The average Bonchev–Trinajstić information content (AvgIpc) is 2.40. The minimum absolute atomic E-state index is 0.0439. The fourth-order valence-electron chi connectivity index (χ4n) is 2.28. The van der Waals surface area contributed by atoms with Crippen LogP contribution in [0.2, 0.25) is 0 Å². The van der Waals surface area contributed by atoms with Gasteiger partial charge in [-0.3, -0.25) is 0 Å². The topological polar surface area (TPSA) is 9.23 Å². The van der Waals surface area contributed by atoms with Crippen LogP contribution < -0.4 is 0 Å². The third kappa shape index (κ3) is 4.22. The van der Waals surface area contributed by atoms with E-state index in [1.165, 1.54) is 19.3 Å². The van der Waals surface area contributed by atoms with Crippen molar-refractivity contribution in [3.63, 3.8) is 0 Å². The van der Waals surface area contributed by atoms with Gasteiger partial charge in [0.15, 0.2) is 0 Å². The lowest BCUT2D eigenvalue weighted by molar-refractivity contribution is 0.01000. The quantitative estimate of drug-likeness (QED) is 0.581. The smallest absolute Gasteiger partial charge is 0.0597 e. The molecule has 1 heterocycles. The Kier molecular flexibility index (Phi) is 5.99. The van der Waals surface area contributed by atoms with Crippen LogP contribution in [0.1, 0.15) is 43.0 Å². The highest BCUT2D eigenvalue weighted by atomic mass is 79.9. The molecule has 0 bridgehead atoms. The summed E-state index contributed by atoms with van der Waals surface area (Å²) in [5.41, 5.74) is 1.15. The van der Waals surface area contributed by atoms with Gasteiger partial charge in [0.2, 0.25) is 0 Å². The van der Waals surface area contributed by atoms with Gasteiger partial charge in [0.25, 0.3) is 0 Å². The Morgan fingerprint density at radius 3 is 2.89 bits per heavy atom. The molecule has 2 unspecified atom stereocenters. The van der Waals surface area contributed by atoms with Gasteiger partial charge in [0.1, 0.15) is 0 Å². The summed E-state index contributed by atoms with van der Waals surface area (Å²) >= 11 is 13.5. The molecule has 0 radical (unpaired) electrons. The SMILES string of the molecule is ClC(CCC1CCCCO1)c1cc(Br)ccc1Br. The zero-order chi connectivity index (χ0) is 13.0. The molecule has 1 aromatic rings. The summed E-state index contributed by atoms with van der Waals surface area (Å²) in [6.45, 7) is 0.915. The van der Waals surface area contributed by atoms with Gasteiger partial charge >= 0.3 is 0 Å². The second kappa shape index (κ2) is 7.28. The lowest BCUT2D eigenvalue weighted by Crippen LogP contribution is -2.19. The van der Waals surface area contributed by atoms with E-state index in [4.69, 9.17) is 16.3 Å². The molecule has 4 heteroatoms. The number of alkyl halides is 1. The summed E-state index contributed by atoms with van der Waals surface area (Å²) in [4.78, 5) is 0. The Labute approximate surface area is 130 Å². The molecule has 2 atom stereocenters. The summed E-state index contributed by atoms with van der Waals surface area (Å²) in [7, 11) is 0. The molecule has 1 aliphatic heterocycles. The van der Waals surface area contributed by atoms with Crippen molar-refractivity contribution in [3.05, 3.63) is 32.7 Å². The summed E-state index contributed by atoms with van der Waals surface area (Å²) in [6.07, 6.45) is 6.10. The number of rotatable bonds is 4. The third-order valence-corrected chi connectivity index (χ3v) is 4.98. The maximum atomic E-state index is 6.50. The minimum Gasteiger partial charge on any atom is -0.378 e. The zero-order valence-corrected chi connectivity index (χ0v) is 14.1. The molecular weight excluding hydrogens is 379 g/mol. The number of hydrogen-bond acceptors (Lipinski definition) is 1. The molecule has 0 N–H and O–H groups in total. The first-order valence-electron chi connectivity index (χ1n) is 6.37. The standard InChI is InChI=1S/C14H17Br2ClO/c15-10-4-6-13(16)12(9-10)14(17)7-5-11-3-1-2-8-18-11/h4,6,9,11,14H,1-3,5,7-8H2. The third-order valence-electron chi connectivity index (χ3n) is 3.31. The van der Waals surface area contributed by atoms with E-state index >= 15 is 0 Å². The van der Waals surface area contributed by atoms with Crippen molar-refractivity contribution in [2.45, 2.75) is 43.6 Å². The van der Waals surface area contributed by atoms with Crippen LogP contribution in [0, 0.1) is 0 Å². The first kappa shape index (κ1) is 14.8. The molecule has 0 amide bonds. The van der Waals surface area contributed by atoms with Gasteiger partial charge in [0.05, 0.1) is 11.5 Å². The Balaban J connectivity index is 1.90. The predicted octanol–water partition coefficient (Wildman–Crippen LogP) is 5.84. The van der Waals surface area contributed by atoms with Gasteiger partial charge < -0.3 is 4.74 Å². The summed E-state index contributed by atoms with van der Waals surface area (Å²) < 4.78 is 7.89. The Bertz CT molecular complexity index is 391. The van der Waals surface area contributed by atoms with Crippen molar-refractivity contribution in [1.82, 2.24) is 0 Å². The Morgan fingerprint density at radius 1 is 1.33 bits per heavy atom. The van der Waals surface area contributed by atoms with E-state index in [9.17, 15) is 0 Å². The maximum absolute atomic E-state index is 6.50. The van der Waals surface area contributed by atoms with Crippen LogP contribution in [0.5, 0.6) is 0 Å². The lowest BCUT2D eigenvalue weighted by atomic mass is 10.0. The first-order valence-corrected chi connectivity index (χ1v) is 8.39. The number of ether oxygens (including phenoxy) is 1. The van der Waals surface area contributed by atoms with Gasteiger partial charge in [-0.1, -0.05) is 31.9 Å². The molecule has 2 rings (SSSR count). The second-order valence-electron chi connectivity index (χ2n) is 4.70. The molecule has 100 valence electrons. The maximum Gasteiger partial charge on any atom is 0.0597 e. The monoisotopic (exact) mass is 394 g/mol. The first-order chi connectivity index (χ1) is 8.66. The minimum atomic E-state index is 0.0439. The molecule has 0 aliphatic carbocycles. The van der Waals surface area contributed by atoms with Crippen molar-refractivity contribution in [1.29, 1.82) is 0 Å². The van der Waals surface area contributed by atoms with Crippen LogP contribution in [-0.4, -0.2) is 12.7 Å². The van der Waals surface area contributed by atoms with Gasteiger partial charge in [0, 0.05) is 15.6 Å². The normalized spacial score (nSPS) is 21.8. The highest BCUT2D eigenvalue weighted by Crippen LogP contribution is 2.34. The van der Waals surface area contributed by atoms with Crippen LogP contribution in [-0.2, 0) is 4.74 Å². The van der Waals surface area contributed by atoms with Crippen molar-refractivity contribution in [2.75, 3.05) is 6.61 Å². The van der Waals surface area contributed by atoms with Crippen molar-refractivity contribution < 1.29 is 4.74 Å². The van der Waals surface area contributed by atoms with E-state index in [-0.39, 0.29) is 5.38 Å². The molecule has 1 saturated heterocycles. The number of halogens is 3. The Morgan fingerprint density at radius 2 is 2.17 bits per heavy atom. The second-order valence-corrected chi connectivity index (χ2v) is 7.00. The number of benzene rings is 1. The van der Waals surface area contributed by atoms with E-state index < -0.39 is 0 Å². The molecule has 0 saturated carbocycles. The molecule has 18 heavy (non-hydrogen) atoms. The molecule has 0 spiro atoms. The fraction of sp³-hybridized carbons (Fsp3) is 0.571. The van der Waals surface area contributed by atoms with E-state index in [0.29, 0.717) is 6.10 Å². The van der Waals surface area contributed by atoms with Gasteiger partial charge in [-0.15, -0.1) is 11.6 Å². The van der Waals surface area contributed by atoms with E-state index in [1.807, 2.05) is 12.1 Å². The van der Waals surface area contributed by atoms with E-state index in [2.05, 4.69) is 37.9 Å². The van der Waals surface area contributed by atoms with E-state index in [0.717, 1.165) is 34.0 Å². The summed E-state index contributed by atoms with van der Waals surface area (Å²) in [5, 5.41) is 0.0439. The number of hydrogen-bond donors (Lipinski definition) is 0. The fourth-order valence-corrected chi connectivity index (χ4v) is 3.62. The van der Waals surface area contributed by atoms with Crippen LogP contribution >= 0.6 is 43.5 Å². The van der Waals surface area contributed by atoms with Crippen molar-refractivity contribution >= 4 is 43.5 Å². The van der Waals surface area contributed by atoms with Gasteiger partial charge in [-0.2, -0.15) is 0 Å². The van der Waals surface area contributed by atoms with Gasteiger partial charge in [-0.25, -0.2) is 0 Å². The molecule has 1 nitrogen and oxygen atoms in total. The largest absolute Gasteiger partial charge is 0.378 e. The molecule has 1 fully saturated rings. The van der Waals surface area contributed by atoms with Crippen LogP contribution in [0.4, 0.5) is 0 Å². The molecule has 0 aromatic heterocycles. The lowest BCUT2D eigenvalue weighted by Gasteiger charge is -2.23. The Hall–Kier alpha value is 0.430. The summed E-state index contributed by atoms with van der Waals surface area (Å²) in [6, 6.07) is 6.14. The summed E-state index contributed by atoms with van der Waals surface area (Å²) in [5.74, 6) is 0. The predicted molar refractivity (Wildman–Crippen MR) is 83.3 cm³/mol. The van der Waals surface area contributed by atoms with Crippen molar-refractivity contribution in [2.24, 2.45) is 0 Å². The molecular formula is C14H17Br2ClO. The zero-order valence-electron chi connectivity index (χ0n) is 10.2. The van der Waals surface area contributed by atoms with Gasteiger partial charge in [-0.05, 0) is 55.9 Å². The van der Waals surface area contributed by atoms with E-state index in [1.54, 1.807) is 0 Å². The molecule has 1 aliphatic rings. The van der Waals surface area contributed by atoms with Crippen LogP contribution in [0.15, 0.2) is 27.1 Å². The molecule has 1 aromatic carbocycles. The highest BCUT2D eigenvalue weighted by Gasteiger charge is 2.18. The van der Waals surface area contributed by atoms with Crippen LogP contribution in [0.3, 0.4) is 0 Å². The highest BCUT2D eigenvalue weighted by molar-refractivity contribution is 9.11. The van der Waals surface area contributed by atoms with Crippen LogP contribution in [0.25, 0.3) is 0 Å².